The molecule has 18 heavy (non-hydrogen) atoms. The Labute approximate surface area is 110 Å². The van der Waals surface area contributed by atoms with Crippen LogP contribution in [0.5, 0.6) is 0 Å². The lowest BCUT2D eigenvalue weighted by molar-refractivity contribution is -0.137. The van der Waals surface area contributed by atoms with Crippen molar-refractivity contribution >= 4 is 17.2 Å². The van der Waals surface area contributed by atoms with Crippen LogP contribution in [0.15, 0.2) is 24.3 Å². The van der Waals surface area contributed by atoms with E-state index in [1.807, 2.05) is 11.8 Å². The third kappa shape index (κ3) is 4.62. The monoisotopic (exact) mass is 276 g/mol. The van der Waals surface area contributed by atoms with Gasteiger partial charge in [-0.15, -0.1) is 0 Å². The lowest BCUT2D eigenvalue weighted by atomic mass is 10.1. The van der Waals surface area contributed by atoms with Gasteiger partial charge in [-0.2, -0.15) is 13.2 Å². The van der Waals surface area contributed by atoms with Crippen molar-refractivity contribution in [2.45, 2.75) is 19.6 Å². The van der Waals surface area contributed by atoms with Crippen LogP contribution in [0.4, 0.5) is 13.2 Å². The first kappa shape index (κ1) is 14.9. The lowest BCUT2D eigenvalue weighted by Crippen LogP contribution is -2.32. The van der Waals surface area contributed by atoms with E-state index < -0.39 is 11.7 Å². The first-order valence-corrected chi connectivity index (χ1v) is 5.90. The molecule has 0 saturated carbocycles. The summed E-state index contributed by atoms with van der Waals surface area (Å²) in [6.45, 7) is 3.68. The molecule has 0 atom stereocenters. The Morgan fingerprint density at radius 1 is 1.28 bits per heavy atom. The summed E-state index contributed by atoms with van der Waals surface area (Å²) in [5.74, 6) is 0. The second-order valence-corrected chi connectivity index (χ2v) is 4.49. The Morgan fingerprint density at radius 2 is 1.83 bits per heavy atom. The normalized spacial score (nSPS) is 11.8. The van der Waals surface area contributed by atoms with Gasteiger partial charge in [-0.25, -0.2) is 0 Å². The predicted molar refractivity (Wildman–Crippen MR) is 69.2 cm³/mol. The van der Waals surface area contributed by atoms with Crippen LogP contribution in [-0.4, -0.2) is 23.0 Å². The summed E-state index contributed by atoms with van der Waals surface area (Å²) < 4.78 is 37.1. The number of benzene rings is 1. The van der Waals surface area contributed by atoms with Gasteiger partial charge in [-0.3, -0.25) is 4.90 Å². The number of likely N-dealkylation sites (N-methyl/N-ethyl adjacent to an activating group) is 1. The van der Waals surface area contributed by atoms with Gasteiger partial charge in [0, 0.05) is 13.1 Å². The van der Waals surface area contributed by atoms with Crippen LogP contribution in [0.3, 0.4) is 0 Å². The highest BCUT2D eigenvalue weighted by molar-refractivity contribution is 7.80. The first-order valence-electron chi connectivity index (χ1n) is 5.49. The minimum Gasteiger partial charge on any atom is -0.392 e. The molecule has 100 valence electrons. The maximum Gasteiger partial charge on any atom is 0.416 e. The first-order chi connectivity index (χ1) is 8.32. The van der Waals surface area contributed by atoms with E-state index in [9.17, 15) is 13.2 Å². The van der Waals surface area contributed by atoms with Gasteiger partial charge in [0.1, 0.15) is 0 Å². The van der Waals surface area contributed by atoms with Crippen LogP contribution in [0.25, 0.3) is 0 Å². The van der Waals surface area contributed by atoms with Crippen LogP contribution in [-0.2, 0) is 12.7 Å². The number of nitrogens with two attached hydrogens (primary N) is 1. The quantitative estimate of drug-likeness (QED) is 0.839. The molecule has 0 spiro atoms. The molecule has 0 unspecified atom stereocenters. The highest BCUT2D eigenvalue weighted by atomic mass is 32.1. The summed E-state index contributed by atoms with van der Waals surface area (Å²) in [6, 6.07) is 5.13. The molecule has 0 aromatic heterocycles. The van der Waals surface area contributed by atoms with Gasteiger partial charge in [-0.05, 0) is 24.2 Å². The molecule has 0 amide bonds. The van der Waals surface area contributed by atoms with Gasteiger partial charge in [0.05, 0.1) is 10.6 Å². The van der Waals surface area contributed by atoms with Gasteiger partial charge >= 0.3 is 6.18 Å². The van der Waals surface area contributed by atoms with Crippen molar-refractivity contribution in [3.63, 3.8) is 0 Å². The van der Waals surface area contributed by atoms with Gasteiger partial charge in [0.2, 0.25) is 0 Å². The van der Waals surface area contributed by atoms with E-state index in [0.717, 1.165) is 24.2 Å². The fraction of sp³-hybridized carbons (Fsp3) is 0.417. The molecule has 0 saturated heterocycles. The highest BCUT2D eigenvalue weighted by Gasteiger charge is 2.29. The fourth-order valence-electron chi connectivity index (χ4n) is 1.56. The van der Waals surface area contributed by atoms with E-state index in [1.54, 1.807) is 0 Å². The minimum absolute atomic E-state index is 0.378. The molecule has 1 rings (SSSR count). The number of halogens is 3. The van der Waals surface area contributed by atoms with Crippen LogP contribution >= 0.6 is 12.2 Å². The average molecular weight is 276 g/mol. The minimum atomic E-state index is -4.29. The number of thiocarbonyl (C=S) groups is 1. The van der Waals surface area contributed by atoms with Crippen molar-refractivity contribution in [1.82, 2.24) is 4.90 Å². The summed E-state index contributed by atoms with van der Waals surface area (Å²) >= 11 is 4.81. The molecular formula is C12H15F3N2S. The summed E-state index contributed by atoms with van der Waals surface area (Å²) in [7, 11) is 0. The molecule has 0 aliphatic heterocycles. The molecule has 1 aromatic rings. The Bertz CT molecular complexity index is 401. The van der Waals surface area contributed by atoms with E-state index >= 15 is 0 Å². The lowest BCUT2D eigenvalue weighted by Gasteiger charge is -2.19. The van der Waals surface area contributed by atoms with Crippen molar-refractivity contribution in [2.24, 2.45) is 5.73 Å². The Morgan fingerprint density at radius 3 is 2.22 bits per heavy atom. The molecule has 0 bridgehead atoms. The molecule has 0 heterocycles. The number of nitrogens with zero attached hydrogens (tertiary/aromatic N) is 1. The molecule has 0 fully saturated rings. The maximum absolute atomic E-state index is 12.4. The molecule has 1 aromatic carbocycles. The standard InChI is InChI=1S/C12H15F3N2S/c1-2-17(8-11(16)18)7-9-3-5-10(6-4-9)12(13,14)15/h3-6H,2,7-8H2,1H3,(H2,16,18). The maximum atomic E-state index is 12.4. The van der Waals surface area contributed by atoms with E-state index in [2.05, 4.69) is 0 Å². The summed E-state index contributed by atoms with van der Waals surface area (Å²) in [5.41, 5.74) is 5.62. The van der Waals surface area contributed by atoms with Gasteiger partial charge < -0.3 is 5.73 Å². The summed E-state index contributed by atoms with van der Waals surface area (Å²) in [4.78, 5) is 2.34. The van der Waals surface area contributed by atoms with Crippen molar-refractivity contribution in [3.05, 3.63) is 35.4 Å². The SMILES string of the molecule is CCN(CC(N)=S)Cc1ccc(C(F)(F)F)cc1. The molecule has 0 radical (unpaired) electrons. The average Bonchev–Trinajstić information content (AvgIpc) is 2.27. The number of alkyl halides is 3. The Kier molecular flexibility index (Phi) is 5.10. The van der Waals surface area contributed by atoms with E-state index in [1.165, 1.54) is 12.1 Å². The second-order valence-electron chi connectivity index (χ2n) is 3.96. The molecule has 0 aliphatic carbocycles. The summed E-state index contributed by atoms with van der Waals surface area (Å²) in [6.07, 6.45) is -4.29. The molecule has 6 heteroatoms. The van der Waals surface area contributed by atoms with Crippen LogP contribution in [0, 0.1) is 0 Å². The van der Waals surface area contributed by atoms with Crippen molar-refractivity contribution in [3.8, 4) is 0 Å². The number of rotatable bonds is 5. The fourth-order valence-corrected chi connectivity index (χ4v) is 1.74. The van der Waals surface area contributed by atoms with Crippen LogP contribution in [0.2, 0.25) is 0 Å². The van der Waals surface area contributed by atoms with Crippen molar-refractivity contribution in [1.29, 1.82) is 0 Å². The van der Waals surface area contributed by atoms with E-state index in [4.69, 9.17) is 18.0 Å². The van der Waals surface area contributed by atoms with Crippen molar-refractivity contribution in [2.75, 3.05) is 13.1 Å². The Balaban J connectivity index is 2.71. The van der Waals surface area contributed by atoms with Crippen molar-refractivity contribution < 1.29 is 13.2 Å². The van der Waals surface area contributed by atoms with Gasteiger partial charge in [0.25, 0.3) is 0 Å². The van der Waals surface area contributed by atoms with Crippen LogP contribution < -0.4 is 5.73 Å². The van der Waals surface area contributed by atoms with Gasteiger partial charge in [0.15, 0.2) is 0 Å². The largest absolute Gasteiger partial charge is 0.416 e. The highest BCUT2D eigenvalue weighted by Crippen LogP contribution is 2.29. The third-order valence-electron chi connectivity index (χ3n) is 2.51. The molecule has 2 N–H and O–H groups in total. The van der Waals surface area contributed by atoms with E-state index in [0.29, 0.717) is 18.1 Å². The van der Waals surface area contributed by atoms with E-state index in [-0.39, 0.29) is 0 Å². The van der Waals surface area contributed by atoms with Crippen LogP contribution in [0.1, 0.15) is 18.1 Å². The molecule has 2 nitrogen and oxygen atoms in total. The number of hydrogen-bond donors (Lipinski definition) is 1. The smallest absolute Gasteiger partial charge is 0.392 e. The zero-order valence-corrected chi connectivity index (χ0v) is 10.8. The third-order valence-corrected chi connectivity index (χ3v) is 2.64. The Hall–Kier alpha value is -1.14. The van der Waals surface area contributed by atoms with Gasteiger partial charge in [-0.1, -0.05) is 31.3 Å². The second kappa shape index (κ2) is 6.15. The molecule has 0 aliphatic rings. The predicted octanol–water partition coefficient (Wildman–Crippen LogP) is 2.81. The molecular weight excluding hydrogens is 261 g/mol. The number of hydrogen-bond acceptors (Lipinski definition) is 2. The zero-order valence-electron chi connectivity index (χ0n) is 10.00. The zero-order chi connectivity index (χ0) is 13.8. The summed E-state index contributed by atoms with van der Waals surface area (Å²) in [5, 5.41) is 0. The topological polar surface area (TPSA) is 29.3 Å².